The Kier molecular flexibility index (Phi) is 6.09. The number of alkyl halides is 1. The summed E-state index contributed by atoms with van der Waals surface area (Å²) in [6.07, 6.45) is 1.64. The number of piperazine rings is 1. The number of aryl methyl sites for hydroxylation is 1. The van der Waals surface area contributed by atoms with E-state index >= 15 is 0 Å². The SMILES string of the molecule is Cc1nc(N)ncc1-c1nc(N2CCOCC2)nc(N2CCN(C(=O)CCl)CC2)n1. The van der Waals surface area contributed by atoms with Crippen molar-refractivity contribution in [3.05, 3.63) is 11.9 Å². The van der Waals surface area contributed by atoms with Gasteiger partial charge in [-0.3, -0.25) is 4.79 Å². The molecule has 160 valence electrons. The minimum Gasteiger partial charge on any atom is -0.378 e. The van der Waals surface area contributed by atoms with Crippen molar-refractivity contribution in [2.24, 2.45) is 0 Å². The van der Waals surface area contributed by atoms with E-state index in [4.69, 9.17) is 32.0 Å². The van der Waals surface area contributed by atoms with Gasteiger partial charge >= 0.3 is 0 Å². The number of rotatable bonds is 4. The fourth-order valence-electron chi connectivity index (χ4n) is 3.47. The van der Waals surface area contributed by atoms with Gasteiger partial charge < -0.3 is 25.2 Å². The molecular formula is C18H24ClN9O2. The van der Waals surface area contributed by atoms with Gasteiger partial charge in [0, 0.05) is 45.5 Å². The van der Waals surface area contributed by atoms with Crippen LogP contribution in [0.4, 0.5) is 17.8 Å². The van der Waals surface area contributed by atoms with E-state index in [-0.39, 0.29) is 17.7 Å². The number of morpholine rings is 1. The second-order valence-electron chi connectivity index (χ2n) is 7.09. The monoisotopic (exact) mass is 433 g/mol. The highest BCUT2D eigenvalue weighted by molar-refractivity contribution is 6.27. The molecule has 0 unspecified atom stereocenters. The number of ether oxygens (including phenoxy) is 1. The van der Waals surface area contributed by atoms with Crippen LogP contribution in [0.3, 0.4) is 0 Å². The molecule has 12 heteroatoms. The maximum Gasteiger partial charge on any atom is 0.237 e. The van der Waals surface area contributed by atoms with Crippen molar-refractivity contribution in [3.8, 4) is 11.4 Å². The maximum atomic E-state index is 11.9. The van der Waals surface area contributed by atoms with Crippen LogP contribution >= 0.6 is 11.6 Å². The zero-order valence-corrected chi connectivity index (χ0v) is 17.5. The molecule has 2 aliphatic rings. The van der Waals surface area contributed by atoms with E-state index in [2.05, 4.69) is 24.8 Å². The number of halogens is 1. The van der Waals surface area contributed by atoms with Gasteiger partial charge in [-0.1, -0.05) is 0 Å². The minimum atomic E-state index is -0.0590. The molecule has 0 radical (unpaired) electrons. The van der Waals surface area contributed by atoms with Gasteiger partial charge in [0.2, 0.25) is 23.8 Å². The molecule has 4 rings (SSSR count). The first kappa shape index (κ1) is 20.5. The molecule has 2 aliphatic heterocycles. The van der Waals surface area contributed by atoms with Crippen molar-refractivity contribution >= 4 is 35.4 Å². The molecule has 2 aromatic rings. The number of nitrogens with two attached hydrogens (primary N) is 1. The average Bonchev–Trinajstić information content (AvgIpc) is 2.79. The fourth-order valence-corrected chi connectivity index (χ4v) is 3.63. The normalized spacial score (nSPS) is 17.3. The molecule has 30 heavy (non-hydrogen) atoms. The highest BCUT2D eigenvalue weighted by Gasteiger charge is 2.25. The van der Waals surface area contributed by atoms with Crippen molar-refractivity contribution < 1.29 is 9.53 Å². The Morgan fingerprint density at radius 2 is 1.67 bits per heavy atom. The van der Waals surface area contributed by atoms with E-state index in [9.17, 15) is 4.79 Å². The molecule has 0 aromatic carbocycles. The van der Waals surface area contributed by atoms with Gasteiger partial charge in [0.15, 0.2) is 5.82 Å². The van der Waals surface area contributed by atoms with Crippen molar-refractivity contribution in [1.82, 2.24) is 29.8 Å². The molecule has 0 spiro atoms. The standard InChI is InChI=1S/C18H24ClN9O2/c1-12-13(11-21-16(20)22-12)15-23-17(25-18(24-15)28-6-8-30-9-7-28)27-4-2-26(3-5-27)14(29)10-19/h11H,2-10H2,1H3,(H2,20,21,22). The molecule has 4 heterocycles. The number of aromatic nitrogens is 5. The number of hydrogen-bond acceptors (Lipinski definition) is 10. The number of nitrogens with zero attached hydrogens (tertiary/aromatic N) is 8. The number of nitrogen functional groups attached to an aromatic ring is 1. The Morgan fingerprint density at radius 1 is 1.03 bits per heavy atom. The van der Waals surface area contributed by atoms with E-state index in [1.807, 2.05) is 6.92 Å². The minimum absolute atomic E-state index is 0.00645. The average molecular weight is 434 g/mol. The van der Waals surface area contributed by atoms with E-state index in [1.54, 1.807) is 11.1 Å². The number of carbonyl (C=O) groups is 1. The van der Waals surface area contributed by atoms with Gasteiger partial charge in [-0.05, 0) is 6.92 Å². The summed E-state index contributed by atoms with van der Waals surface area (Å²) in [5.74, 6) is 1.80. The third kappa shape index (κ3) is 4.36. The van der Waals surface area contributed by atoms with E-state index < -0.39 is 0 Å². The highest BCUT2D eigenvalue weighted by Crippen LogP contribution is 2.24. The van der Waals surface area contributed by atoms with E-state index in [0.717, 1.165) is 0 Å². The summed E-state index contributed by atoms with van der Waals surface area (Å²) in [6, 6.07) is 0. The smallest absolute Gasteiger partial charge is 0.237 e. The Labute approximate surface area is 179 Å². The molecule has 11 nitrogen and oxygen atoms in total. The fraction of sp³-hybridized carbons (Fsp3) is 0.556. The second-order valence-corrected chi connectivity index (χ2v) is 7.35. The summed E-state index contributed by atoms with van der Waals surface area (Å²) < 4.78 is 5.45. The van der Waals surface area contributed by atoms with Gasteiger partial charge in [0.05, 0.1) is 24.5 Å². The zero-order valence-electron chi connectivity index (χ0n) is 16.8. The highest BCUT2D eigenvalue weighted by atomic mass is 35.5. The Morgan fingerprint density at radius 3 is 2.27 bits per heavy atom. The first-order valence-corrected chi connectivity index (χ1v) is 10.4. The molecule has 2 fully saturated rings. The maximum absolute atomic E-state index is 11.9. The van der Waals surface area contributed by atoms with E-state index in [0.29, 0.717) is 81.5 Å². The van der Waals surface area contributed by atoms with Gasteiger partial charge in [-0.15, -0.1) is 11.6 Å². The topological polar surface area (TPSA) is 126 Å². The molecule has 0 atom stereocenters. The summed E-state index contributed by atoms with van der Waals surface area (Å²) in [5, 5.41) is 0. The van der Waals surface area contributed by atoms with Crippen molar-refractivity contribution in [1.29, 1.82) is 0 Å². The van der Waals surface area contributed by atoms with Crippen LogP contribution in [-0.4, -0.2) is 94.1 Å². The van der Waals surface area contributed by atoms with Crippen LogP contribution in [0.15, 0.2) is 6.20 Å². The molecule has 2 saturated heterocycles. The number of carbonyl (C=O) groups excluding carboxylic acids is 1. The van der Waals surface area contributed by atoms with E-state index in [1.165, 1.54) is 0 Å². The summed E-state index contributed by atoms with van der Waals surface area (Å²) >= 11 is 5.69. The van der Waals surface area contributed by atoms with Gasteiger partial charge in [-0.2, -0.15) is 15.0 Å². The van der Waals surface area contributed by atoms with Crippen LogP contribution in [0.5, 0.6) is 0 Å². The molecule has 0 bridgehead atoms. The third-order valence-corrected chi connectivity index (χ3v) is 5.40. The molecule has 2 N–H and O–H groups in total. The van der Waals surface area contributed by atoms with Gasteiger partial charge in [0.1, 0.15) is 5.88 Å². The second kappa shape index (κ2) is 8.92. The lowest BCUT2D eigenvalue weighted by atomic mass is 10.2. The van der Waals surface area contributed by atoms with Crippen molar-refractivity contribution in [2.45, 2.75) is 6.92 Å². The first-order valence-electron chi connectivity index (χ1n) is 9.82. The Bertz CT molecular complexity index is 915. The predicted octanol–water partition coefficient (Wildman–Crippen LogP) is -0.0568. The predicted molar refractivity (Wildman–Crippen MR) is 113 cm³/mol. The lowest BCUT2D eigenvalue weighted by molar-refractivity contribution is -0.128. The number of hydrogen-bond donors (Lipinski definition) is 1. The largest absolute Gasteiger partial charge is 0.378 e. The van der Waals surface area contributed by atoms with Crippen LogP contribution in [0.2, 0.25) is 0 Å². The van der Waals surface area contributed by atoms with Gasteiger partial charge in [-0.25, -0.2) is 9.97 Å². The lowest BCUT2D eigenvalue weighted by Crippen LogP contribution is -2.49. The van der Waals surface area contributed by atoms with Gasteiger partial charge in [0.25, 0.3) is 0 Å². The quantitative estimate of drug-likeness (QED) is 0.655. The van der Waals surface area contributed by atoms with Crippen LogP contribution < -0.4 is 15.5 Å². The zero-order chi connectivity index (χ0) is 21.1. The number of amides is 1. The lowest BCUT2D eigenvalue weighted by Gasteiger charge is -2.35. The van der Waals surface area contributed by atoms with Crippen LogP contribution in [0.1, 0.15) is 5.69 Å². The first-order chi connectivity index (χ1) is 14.5. The van der Waals surface area contributed by atoms with Crippen LogP contribution in [0.25, 0.3) is 11.4 Å². The summed E-state index contributed by atoms with van der Waals surface area (Å²) in [6.45, 7) is 6.89. The third-order valence-electron chi connectivity index (χ3n) is 5.17. The Balaban J connectivity index is 1.66. The molecule has 2 aromatic heterocycles. The van der Waals surface area contributed by atoms with Crippen LogP contribution in [-0.2, 0) is 9.53 Å². The summed E-state index contributed by atoms with van der Waals surface area (Å²) in [7, 11) is 0. The number of anilines is 3. The van der Waals surface area contributed by atoms with Crippen LogP contribution in [0, 0.1) is 6.92 Å². The van der Waals surface area contributed by atoms with Crippen molar-refractivity contribution in [2.75, 3.05) is 73.9 Å². The summed E-state index contributed by atoms with van der Waals surface area (Å²) in [4.78, 5) is 40.2. The molecule has 1 amide bonds. The molecule has 0 aliphatic carbocycles. The molecule has 0 saturated carbocycles. The van der Waals surface area contributed by atoms with Crippen molar-refractivity contribution in [3.63, 3.8) is 0 Å². The molecular weight excluding hydrogens is 410 g/mol. The summed E-state index contributed by atoms with van der Waals surface area (Å²) in [5.41, 5.74) is 7.11. The Hall–Kier alpha value is -2.79.